The van der Waals surface area contributed by atoms with Gasteiger partial charge in [-0.2, -0.15) is 4.31 Å². The first-order valence-electron chi connectivity index (χ1n) is 6.17. The van der Waals surface area contributed by atoms with Gasteiger partial charge in [-0.05, 0) is 13.3 Å². The molecule has 0 aliphatic rings. The molecule has 0 unspecified atom stereocenters. The number of sulfonamides is 1. The zero-order chi connectivity index (χ0) is 15.3. The van der Waals surface area contributed by atoms with Crippen molar-refractivity contribution in [1.82, 2.24) is 19.8 Å². The lowest BCUT2D eigenvalue weighted by atomic mass is 10.5. The summed E-state index contributed by atoms with van der Waals surface area (Å²) in [5, 5.41) is 10.2. The Morgan fingerprint density at radius 3 is 2.50 bits per heavy atom. The predicted molar refractivity (Wildman–Crippen MR) is 77.5 cm³/mol. The Hall–Kier alpha value is -1.26. The number of nitrogens with one attached hydrogen (secondary N) is 1. The van der Waals surface area contributed by atoms with Crippen LogP contribution in [0.25, 0.3) is 0 Å². The molecule has 1 rings (SSSR count). The third-order valence-corrected chi connectivity index (χ3v) is 5.72. The van der Waals surface area contributed by atoms with Crippen LogP contribution in [0.3, 0.4) is 0 Å². The highest BCUT2D eigenvalue weighted by Crippen LogP contribution is 2.25. The third kappa shape index (κ3) is 3.44. The van der Waals surface area contributed by atoms with E-state index in [9.17, 15) is 13.2 Å². The van der Waals surface area contributed by atoms with Crippen LogP contribution >= 0.6 is 11.3 Å². The minimum Gasteiger partial charge on any atom is -0.341 e. The van der Waals surface area contributed by atoms with Crippen LogP contribution in [0.4, 0.5) is 9.93 Å². The molecule has 10 heteroatoms. The SMILES string of the molecule is CCCN(C)S(=O)(=O)c1nnc(N(CC)C(=O)NC)s1. The molecule has 1 aromatic rings. The van der Waals surface area contributed by atoms with Crippen molar-refractivity contribution in [3.8, 4) is 0 Å². The van der Waals surface area contributed by atoms with Gasteiger partial charge in [0, 0.05) is 27.2 Å². The summed E-state index contributed by atoms with van der Waals surface area (Å²) < 4.78 is 25.5. The van der Waals surface area contributed by atoms with Crippen LogP contribution in [0.15, 0.2) is 4.34 Å². The van der Waals surface area contributed by atoms with Gasteiger partial charge in [0.25, 0.3) is 10.0 Å². The summed E-state index contributed by atoms with van der Waals surface area (Å²) in [7, 11) is -0.640. The minimum atomic E-state index is -3.63. The maximum Gasteiger partial charge on any atom is 0.323 e. The Balaban J connectivity index is 3.05. The lowest BCUT2D eigenvalue weighted by Crippen LogP contribution is -2.37. The van der Waals surface area contributed by atoms with Crippen LogP contribution in [-0.2, 0) is 10.0 Å². The first-order chi connectivity index (χ1) is 9.38. The van der Waals surface area contributed by atoms with Gasteiger partial charge in [0.05, 0.1) is 0 Å². The van der Waals surface area contributed by atoms with Gasteiger partial charge >= 0.3 is 6.03 Å². The zero-order valence-electron chi connectivity index (χ0n) is 12.0. The fourth-order valence-corrected chi connectivity index (χ4v) is 3.99. The van der Waals surface area contributed by atoms with Crippen molar-refractivity contribution in [1.29, 1.82) is 0 Å². The number of rotatable bonds is 6. The highest BCUT2D eigenvalue weighted by atomic mass is 32.2. The van der Waals surface area contributed by atoms with Gasteiger partial charge in [0.1, 0.15) is 0 Å². The number of anilines is 1. The minimum absolute atomic E-state index is 0.106. The molecule has 0 aromatic carbocycles. The zero-order valence-corrected chi connectivity index (χ0v) is 13.6. The fourth-order valence-electron chi connectivity index (χ4n) is 1.48. The lowest BCUT2D eigenvalue weighted by molar-refractivity contribution is 0.248. The molecule has 114 valence electrons. The molecule has 0 bridgehead atoms. The van der Waals surface area contributed by atoms with Gasteiger partial charge in [-0.25, -0.2) is 13.2 Å². The van der Waals surface area contributed by atoms with E-state index >= 15 is 0 Å². The average Bonchev–Trinajstić information content (AvgIpc) is 2.89. The van der Waals surface area contributed by atoms with Crippen LogP contribution < -0.4 is 10.2 Å². The van der Waals surface area contributed by atoms with Crippen LogP contribution in [0.1, 0.15) is 20.3 Å². The molecule has 0 spiro atoms. The largest absolute Gasteiger partial charge is 0.341 e. The summed E-state index contributed by atoms with van der Waals surface area (Å²) in [6.45, 7) is 4.44. The molecule has 0 saturated carbocycles. The normalized spacial score (nSPS) is 11.7. The monoisotopic (exact) mass is 321 g/mol. The first kappa shape index (κ1) is 16.8. The van der Waals surface area contributed by atoms with Crippen LogP contribution in [0.2, 0.25) is 0 Å². The number of carbonyl (C=O) groups excluding carboxylic acids is 1. The Bertz CT molecular complexity index is 557. The summed E-state index contributed by atoms with van der Waals surface area (Å²) in [5.74, 6) is 0. The molecule has 0 aliphatic carbocycles. The summed E-state index contributed by atoms with van der Waals surface area (Å²) in [5.41, 5.74) is 0. The standard InChI is InChI=1S/C10H19N5O3S2/c1-5-7-14(4)20(17,18)10-13-12-9(19-10)15(6-2)8(16)11-3/h5-7H2,1-4H3,(H,11,16). The molecule has 0 aliphatic heterocycles. The maximum atomic E-state index is 12.2. The third-order valence-electron chi connectivity index (χ3n) is 2.57. The highest BCUT2D eigenvalue weighted by molar-refractivity contribution is 7.91. The molecule has 0 atom stereocenters. The van der Waals surface area contributed by atoms with E-state index in [2.05, 4.69) is 15.5 Å². The van der Waals surface area contributed by atoms with E-state index in [1.807, 2.05) is 6.92 Å². The van der Waals surface area contributed by atoms with Gasteiger partial charge in [-0.3, -0.25) is 4.90 Å². The number of aromatic nitrogens is 2. The van der Waals surface area contributed by atoms with Gasteiger partial charge < -0.3 is 5.32 Å². The lowest BCUT2D eigenvalue weighted by Gasteiger charge is -2.16. The molecular formula is C10H19N5O3S2. The van der Waals surface area contributed by atoms with E-state index in [1.54, 1.807) is 6.92 Å². The topological polar surface area (TPSA) is 95.5 Å². The molecular weight excluding hydrogens is 302 g/mol. The number of hydrogen-bond acceptors (Lipinski definition) is 6. The van der Waals surface area contributed by atoms with Crippen LogP contribution in [0.5, 0.6) is 0 Å². The number of nitrogens with zero attached hydrogens (tertiary/aromatic N) is 4. The Kier molecular flexibility index (Phi) is 5.84. The summed E-state index contributed by atoms with van der Waals surface area (Å²) in [4.78, 5) is 13.0. The second kappa shape index (κ2) is 6.95. The van der Waals surface area contributed by atoms with E-state index in [-0.39, 0.29) is 15.5 Å². The molecule has 0 fully saturated rings. The summed E-state index contributed by atoms with van der Waals surface area (Å²) in [6.07, 6.45) is 0.709. The van der Waals surface area contributed by atoms with E-state index in [4.69, 9.17) is 0 Å². The van der Waals surface area contributed by atoms with Gasteiger partial charge in [-0.15, -0.1) is 10.2 Å². The molecule has 0 saturated heterocycles. The number of hydrogen-bond donors (Lipinski definition) is 1. The average molecular weight is 321 g/mol. The van der Waals surface area contributed by atoms with Crippen molar-refractivity contribution in [3.63, 3.8) is 0 Å². The maximum absolute atomic E-state index is 12.2. The first-order valence-corrected chi connectivity index (χ1v) is 8.43. The van der Waals surface area contributed by atoms with E-state index in [0.717, 1.165) is 11.3 Å². The Morgan fingerprint density at radius 2 is 2.00 bits per heavy atom. The molecule has 1 heterocycles. The van der Waals surface area contributed by atoms with Crippen molar-refractivity contribution in [2.24, 2.45) is 0 Å². The van der Waals surface area contributed by atoms with Gasteiger partial charge in [0.15, 0.2) is 0 Å². The highest BCUT2D eigenvalue weighted by Gasteiger charge is 2.27. The van der Waals surface area contributed by atoms with E-state index < -0.39 is 10.0 Å². The number of carbonyl (C=O) groups is 1. The van der Waals surface area contributed by atoms with Crippen LogP contribution in [0, 0.1) is 0 Å². The number of amides is 2. The van der Waals surface area contributed by atoms with Crippen molar-refractivity contribution in [2.75, 3.05) is 32.1 Å². The Morgan fingerprint density at radius 1 is 1.35 bits per heavy atom. The summed E-state index contributed by atoms with van der Waals surface area (Å²) >= 11 is 0.884. The van der Waals surface area contributed by atoms with Crippen molar-refractivity contribution < 1.29 is 13.2 Å². The molecule has 1 aromatic heterocycles. The smallest absolute Gasteiger partial charge is 0.323 e. The van der Waals surface area contributed by atoms with Crippen molar-refractivity contribution in [3.05, 3.63) is 0 Å². The van der Waals surface area contributed by atoms with Gasteiger partial charge in [-0.1, -0.05) is 18.3 Å². The van der Waals surface area contributed by atoms with Crippen molar-refractivity contribution >= 4 is 32.5 Å². The van der Waals surface area contributed by atoms with Gasteiger partial charge in [0.2, 0.25) is 9.47 Å². The molecule has 20 heavy (non-hydrogen) atoms. The number of urea groups is 1. The van der Waals surface area contributed by atoms with Crippen molar-refractivity contribution in [2.45, 2.75) is 24.6 Å². The second-order valence-electron chi connectivity index (χ2n) is 3.98. The molecule has 0 radical (unpaired) electrons. The fraction of sp³-hybridized carbons (Fsp3) is 0.700. The van der Waals surface area contributed by atoms with E-state index in [1.165, 1.54) is 23.3 Å². The molecule has 1 N–H and O–H groups in total. The quantitative estimate of drug-likeness (QED) is 0.780. The van der Waals surface area contributed by atoms with Crippen LogP contribution in [-0.4, -0.2) is 56.1 Å². The second-order valence-corrected chi connectivity index (χ2v) is 7.15. The molecule has 2 amide bonds. The Labute approximate surface area is 122 Å². The summed E-state index contributed by atoms with van der Waals surface area (Å²) in [6, 6.07) is -0.352. The predicted octanol–water partition coefficient (Wildman–Crippen LogP) is 0.734. The van der Waals surface area contributed by atoms with E-state index in [0.29, 0.717) is 19.5 Å². The molecule has 8 nitrogen and oxygen atoms in total.